The summed E-state index contributed by atoms with van der Waals surface area (Å²) in [7, 11) is 0. The molecule has 0 aromatic carbocycles. The monoisotopic (exact) mass is 242 g/mol. The van der Waals surface area contributed by atoms with Crippen molar-refractivity contribution in [3.05, 3.63) is 12.2 Å². The van der Waals surface area contributed by atoms with Crippen LogP contribution in [0.15, 0.2) is 12.2 Å². The molecule has 1 atom stereocenters. The van der Waals surface area contributed by atoms with E-state index >= 15 is 0 Å². The number of esters is 1. The van der Waals surface area contributed by atoms with Crippen LogP contribution in [-0.4, -0.2) is 18.9 Å². The van der Waals surface area contributed by atoms with Crippen molar-refractivity contribution in [2.75, 3.05) is 6.61 Å². The Balaban J connectivity index is 4.04. The minimum Gasteiger partial charge on any atom is -0.432 e. The zero-order valence-corrected chi connectivity index (χ0v) is 11.6. The maximum atomic E-state index is 11.4. The molecule has 0 fully saturated rings. The van der Waals surface area contributed by atoms with Crippen molar-refractivity contribution in [2.45, 2.75) is 59.7 Å². The highest BCUT2D eigenvalue weighted by Gasteiger charge is 2.16. The van der Waals surface area contributed by atoms with Crippen LogP contribution in [0, 0.1) is 5.92 Å². The van der Waals surface area contributed by atoms with Crippen molar-refractivity contribution in [1.82, 2.24) is 0 Å². The van der Waals surface area contributed by atoms with Crippen molar-refractivity contribution in [3.63, 3.8) is 0 Å². The molecule has 0 amide bonds. The largest absolute Gasteiger partial charge is 0.432 e. The molecule has 0 spiro atoms. The van der Waals surface area contributed by atoms with E-state index in [1.165, 1.54) is 0 Å². The quantitative estimate of drug-likeness (QED) is 0.268. The fourth-order valence-corrected chi connectivity index (χ4v) is 1.32. The maximum absolute atomic E-state index is 11.4. The lowest BCUT2D eigenvalue weighted by Gasteiger charge is -2.20. The van der Waals surface area contributed by atoms with Crippen LogP contribution in [0.25, 0.3) is 0 Å². The Hall–Kier alpha value is -0.830. The molecule has 0 aromatic heterocycles. The van der Waals surface area contributed by atoms with Gasteiger partial charge in [-0.05, 0) is 19.3 Å². The molecular weight excluding hydrogens is 216 g/mol. The molecule has 0 saturated carbocycles. The molecule has 0 radical (unpaired) electrons. The van der Waals surface area contributed by atoms with E-state index < -0.39 is 6.29 Å². The van der Waals surface area contributed by atoms with E-state index in [2.05, 4.69) is 27.4 Å². The van der Waals surface area contributed by atoms with E-state index in [9.17, 15) is 4.79 Å². The van der Waals surface area contributed by atoms with Gasteiger partial charge >= 0.3 is 5.97 Å². The molecule has 100 valence electrons. The summed E-state index contributed by atoms with van der Waals surface area (Å²) in [5, 5.41) is 0. The first-order valence-corrected chi connectivity index (χ1v) is 6.45. The first kappa shape index (κ1) is 16.2. The van der Waals surface area contributed by atoms with Gasteiger partial charge < -0.3 is 9.47 Å². The van der Waals surface area contributed by atoms with Gasteiger partial charge in [0.1, 0.15) is 0 Å². The third-order valence-electron chi connectivity index (χ3n) is 2.30. The number of carbonyl (C=O) groups excluding carboxylic acids is 1. The van der Waals surface area contributed by atoms with Crippen LogP contribution >= 0.6 is 0 Å². The summed E-state index contributed by atoms with van der Waals surface area (Å²) in [6.07, 6.45) is 3.60. The zero-order valence-electron chi connectivity index (χ0n) is 11.6. The van der Waals surface area contributed by atoms with Gasteiger partial charge in [-0.1, -0.05) is 40.2 Å². The molecule has 17 heavy (non-hydrogen) atoms. The number of ether oxygens (including phenoxy) is 2. The minimum atomic E-state index is -0.434. The van der Waals surface area contributed by atoms with E-state index in [1.54, 1.807) is 6.92 Å². The molecule has 0 bridgehead atoms. The third kappa shape index (κ3) is 8.93. The summed E-state index contributed by atoms with van der Waals surface area (Å²) in [5.74, 6) is 0.0650. The minimum absolute atomic E-state index is 0.369. The summed E-state index contributed by atoms with van der Waals surface area (Å²) in [5.41, 5.74) is 0.413. The summed E-state index contributed by atoms with van der Waals surface area (Å²) >= 11 is 0. The van der Waals surface area contributed by atoms with Gasteiger partial charge in [0, 0.05) is 12.0 Å². The molecule has 0 rings (SSSR count). The van der Waals surface area contributed by atoms with Crippen LogP contribution in [0.4, 0.5) is 0 Å². The Morgan fingerprint density at radius 3 is 2.41 bits per heavy atom. The zero-order chi connectivity index (χ0) is 13.3. The highest BCUT2D eigenvalue weighted by molar-refractivity contribution is 5.86. The van der Waals surface area contributed by atoms with E-state index in [1.807, 2.05) is 0 Å². The second-order valence-corrected chi connectivity index (χ2v) is 4.82. The normalized spacial score (nSPS) is 12.5. The lowest BCUT2D eigenvalue weighted by Crippen LogP contribution is -2.24. The molecule has 0 saturated heterocycles. The number of unbranched alkanes of at least 4 members (excludes halogenated alkanes) is 2. The van der Waals surface area contributed by atoms with Crippen molar-refractivity contribution >= 4 is 5.97 Å². The van der Waals surface area contributed by atoms with Crippen LogP contribution in [0.2, 0.25) is 0 Å². The molecule has 0 heterocycles. The van der Waals surface area contributed by atoms with E-state index in [4.69, 9.17) is 9.47 Å². The molecule has 0 aliphatic carbocycles. The van der Waals surface area contributed by atoms with Gasteiger partial charge in [0.25, 0.3) is 0 Å². The topological polar surface area (TPSA) is 35.5 Å². The fourth-order valence-electron chi connectivity index (χ4n) is 1.32. The average molecular weight is 242 g/mol. The molecular formula is C14H26O3. The Bertz CT molecular complexity index is 234. The van der Waals surface area contributed by atoms with Gasteiger partial charge in [-0.3, -0.25) is 0 Å². The average Bonchev–Trinajstić information content (AvgIpc) is 2.23. The van der Waals surface area contributed by atoms with Gasteiger partial charge in [-0.2, -0.15) is 0 Å². The van der Waals surface area contributed by atoms with E-state index in [-0.39, 0.29) is 5.97 Å². The van der Waals surface area contributed by atoms with Crippen LogP contribution in [0.1, 0.15) is 53.4 Å². The lowest BCUT2D eigenvalue weighted by molar-refractivity contribution is -0.177. The van der Waals surface area contributed by atoms with Gasteiger partial charge in [0.15, 0.2) is 0 Å². The molecule has 1 unspecified atom stereocenters. The number of hydrogen-bond acceptors (Lipinski definition) is 3. The lowest BCUT2D eigenvalue weighted by atomic mass is 10.1. The number of carbonyl (C=O) groups is 1. The van der Waals surface area contributed by atoms with Crippen molar-refractivity contribution in [2.24, 2.45) is 5.92 Å². The predicted molar refractivity (Wildman–Crippen MR) is 69.6 cm³/mol. The van der Waals surface area contributed by atoms with Crippen molar-refractivity contribution in [1.29, 1.82) is 0 Å². The first-order valence-electron chi connectivity index (χ1n) is 6.45. The van der Waals surface area contributed by atoms with Crippen molar-refractivity contribution < 1.29 is 14.3 Å². The molecule has 0 N–H and O–H groups in total. The molecule has 0 aromatic rings. The molecule has 3 nitrogen and oxygen atoms in total. The standard InChI is InChI=1S/C14H26O3/c1-6-7-8-9-16-13(10-11(2)3)17-14(15)12(4)5/h11,13H,4,6-10H2,1-3,5H3. The van der Waals surface area contributed by atoms with Gasteiger partial charge in [-0.15, -0.1) is 0 Å². The summed E-state index contributed by atoms with van der Waals surface area (Å²) in [4.78, 5) is 11.4. The first-order chi connectivity index (χ1) is 7.97. The Kier molecular flexibility index (Phi) is 8.78. The fraction of sp³-hybridized carbons (Fsp3) is 0.786. The molecule has 0 aliphatic heterocycles. The van der Waals surface area contributed by atoms with Crippen LogP contribution in [0.5, 0.6) is 0 Å². The highest BCUT2D eigenvalue weighted by atomic mass is 16.7. The molecule has 0 aliphatic rings. The summed E-state index contributed by atoms with van der Waals surface area (Å²) < 4.78 is 10.8. The van der Waals surface area contributed by atoms with Crippen molar-refractivity contribution in [3.8, 4) is 0 Å². The number of hydrogen-bond donors (Lipinski definition) is 0. The Morgan fingerprint density at radius 1 is 1.29 bits per heavy atom. The second kappa shape index (κ2) is 9.23. The summed E-state index contributed by atoms with van der Waals surface area (Å²) in [6, 6.07) is 0. The van der Waals surface area contributed by atoms with Gasteiger partial charge in [0.2, 0.25) is 6.29 Å². The number of rotatable bonds is 9. The maximum Gasteiger partial charge on any atom is 0.335 e. The Labute approximate surface area is 105 Å². The third-order valence-corrected chi connectivity index (χ3v) is 2.30. The second-order valence-electron chi connectivity index (χ2n) is 4.82. The van der Waals surface area contributed by atoms with Crippen LogP contribution < -0.4 is 0 Å². The van der Waals surface area contributed by atoms with E-state index in [0.29, 0.717) is 18.1 Å². The SMILES string of the molecule is C=C(C)C(=O)OC(CC(C)C)OCCCCC. The predicted octanol–water partition coefficient (Wildman–Crippen LogP) is 3.68. The van der Waals surface area contributed by atoms with Crippen LogP contribution in [-0.2, 0) is 14.3 Å². The van der Waals surface area contributed by atoms with Gasteiger partial charge in [-0.25, -0.2) is 4.79 Å². The molecule has 3 heteroatoms. The summed E-state index contributed by atoms with van der Waals surface area (Å²) in [6.45, 7) is 12.2. The Morgan fingerprint density at radius 2 is 1.94 bits per heavy atom. The smallest absolute Gasteiger partial charge is 0.335 e. The van der Waals surface area contributed by atoms with Crippen LogP contribution in [0.3, 0.4) is 0 Å². The highest BCUT2D eigenvalue weighted by Crippen LogP contribution is 2.12. The van der Waals surface area contributed by atoms with Gasteiger partial charge in [0.05, 0.1) is 6.61 Å². The van der Waals surface area contributed by atoms with E-state index in [0.717, 1.165) is 25.7 Å².